The molecular weight excluding hydrogens is 365 g/mol. The average Bonchev–Trinajstić information content (AvgIpc) is 3.12. The quantitative estimate of drug-likeness (QED) is 0.758. The molecule has 3 nitrogen and oxygen atoms in total. The minimum Gasteiger partial charge on any atom is -0.307 e. The SMILES string of the molecule is Fc1ccc(Br)cc1-c1nnc(CBr)n1C1CC1. The number of benzene rings is 1. The van der Waals surface area contributed by atoms with Crippen LogP contribution in [0, 0.1) is 5.82 Å². The fraction of sp³-hybridized carbons (Fsp3) is 0.333. The Hall–Kier alpha value is -0.750. The summed E-state index contributed by atoms with van der Waals surface area (Å²) in [6, 6.07) is 5.29. The Morgan fingerprint density at radius 1 is 1.33 bits per heavy atom. The normalized spacial score (nSPS) is 15.1. The van der Waals surface area contributed by atoms with E-state index in [9.17, 15) is 4.39 Å². The Morgan fingerprint density at radius 2 is 2.11 bits per heavy atom. The van der Waals surface area contributed by atoms with E-state index in [-0.39, 0.29) is 5.82 Å². The van der Waals surface area contributed by atoms with Crippen LogP contribution in [0.2, 0.25) is 0 Å². The lowest BCUT2D eigenvalue weighted by atomic mass is 10.2. The molecule has 0 amide bonds. The predicted molar refractivity (Wildman–Crippen MR) is 74.0 cm³/mol. The monoisotopic (exact) mass is 373 g/mol. The topological polar surface area (TPSA) is 30.7 Å². The van der Waals surface area contributed by atoms with E-state index < -0.39 is 0 Å². The second-order valence-corrected chi connectivity index (χ2v) is 5.78. The molecule has 0 aliphatic heterocycles. The maximum atomic E-state index is 13.9. The Kier molecular flexibility index (Phi) is 3.23. The van der Waals surface area contributed by atoms with Crippen molar-refractivity contribution in [3.63, 3.8) is 0 Å². The third-order valence-electron chi connectivity index (χ3n) is 2.97. The van der Waals surface area contributed by atoms with E-state index in [0.717, 1.165) is 23.1 Å². The van der Waals surface area contributed by atoms with Crippen molar-refractivity contribution >= 4 is 31.9 Å². The van der Waals surface area contributed by atoms with Gasteiger partial charge in [-0.2, -0.15) is 0 Å². The highest BCUT2D eigenvalue weighted by Gasteiger charge is 2.30. The molecule has 2 aromatic rings. The highest BCUT2D eigenvalue weighted by molar-refractivity contribution is 9.10. The summed E-state index contributed by atoms with van der Waals surface area (Å²) in [6.07, 6.45) is 2.22. The maximum absolute atomic E-state index is 13.9. The van der Waals surface area contributed by atoms with Crippen LogP contribution in [0.5, 0.6) is 0 Å². The van der Waals surface area contributed by atoms with Gasteiger partial charge in [0, 0.05) is 10.5 Å². The van der Waals surface area contributed by atoms with Crippen LogP contribution in [0.1, 0.15) is 24.7 Å². The van der Waals surface area contributed by atoms with Crippen LogP contribution < -0.4 is 0 Å². The van der Waals surface area contributed by atoms with Crippen molar-refractivity contribution in [1.29, 1.82) is 0 Å². The van der Waals surface area contributed by atoms with Crippen LogP contribution in [-0.4, -0.2) is 14.8 Å². The second-order valence-electron chi connectivity index (χ2n) is 4.30. The average molecular weight is 375 g/mol. The Bertz CT molecular complexity index is 593. The summed E-state index contributed by atoms with van der Waals surface area (Å²) >= 11 is 6.76. The third-order valence-corrected chi connectivity index (χ3v) is 3.96. The molecule has 0 unspecified atom stereocenters. The molecule has 1 saturated carbocycles. The van der Waals surface area contributed by atoms with Gasteiger partial charge in [0.25, 0.3) is 0 Å². The minimum absolute atomic E-state index is 0.270. The van der Waals surface area contributed by atoms with Gasteiger partial charge in [0.2, 0.25) is 0 Å². The van der Waals surface area contributed by atoms with Crippen LogP contribution in [0.25, 0.3) is 11.4 Å². The van der Waals surface area contributed by atoms with Gasteiger partial charge >= 0.3 is 0 Å². The molecule has 18 heavy (non-hydrogen) atoms. The first-order valence-electron chi connectivity index (χ1n) is 5.66. The zero-order valence-electron chi connectivity index (χ0n) is 9.41. The molecule has 1 aliphatic rings. The molecular formula is C12H10Br2FN3. The summed E-state index contributed by atoms with van der Waals surface area (Å²) in [5, 5.41) is 8.90. The van der Waals surface area contributed by atoms with Gasteiger partial charge in [0.15, 0.2) is 5.82 Å². The van der Waals surface area contributed by atoms with Crippen molar-refractivity contribution in [3.05, 3.63) is 34.3 Å². The van der Waals surface area contributed by atoms with Crippen LogP contribution in [0.4, 0.5) is 4.39 Å². The number of hydrogen-bond donors (Lipinski definition) is 0. The number of aromatic nitrogens is 3. The van der Waals surface area contributed by atoms with Crippen LogP contribution >= 0.6 is 31.9 Å². The van der Waals surface area contributed by atoms with E-state index in [0.29, 0.717) is 22.8 Å². The molecule has 3 rings (SSSR count). The molecule has 1 aliphatic carbocycles. The summed E-state index contributed by atoms with van der Waals surface area (Å²) < 4.78 is 16.8. The van der Waals surface area contributed by atoms with E-state index in [1.54, 1.807) is 12.1 Å². The molecule has 94 valence electrons. The first kappa shape index (κ1) is 12.3. The maximum Gasteiger partial charge on any atom is 0.167 e. The number of hydrogen-bond acceptors (Lipinski definition) is 2. The summed E-state index contributed by atoms with van der Waals surface area (Å²) in [6.45, 7) is 0. The molecule has 6 heteroatoms. The first-order chi connectivity index (χ1) is 8.70. The third kappa shape index (κ3) is 2.12. The standard InChI is InChI=1S/C12H10Br2FN3/c13-6-11-16-17-12(18(11)8-2-3-8)9-5-7(14)1-4-10(9)15/h1,4-5,8H,2-3,6H2. The van der Waals surface area contributed by atoms with Crippen molar-refractivity contribution in [2.75, 3.05) is 0 Å². The fourth-order valence-corrected chi connectivity index (χ4v) is 2.73. The van der Waals surface area contributed by atoms with Crippen molar-refractivity contribution in [2.45, 2.75) is 24.2 Å². The molecule has 0 spiro atoms. The molecule has 0 saturated heterocycles. The van der Waals surface area contributed by atoms with Gasteiger partial charge in [-0.25, -0.2) is 4.39 Å². The van der Waals surface area contributed by atoms with Crippen molar-refractivity contribution in [1.82, 2.24) is 14.8 Å². The summed E-state index contributed by atoms with van der Waals surface area (Å²) in [4.78, 5) is 0. The lowest BCUT2D eigenvalue weighted by Crippen LogP contribution is -2.02. The van der Waals surface area contributed by atoms with Gasteiger partial charge in [-0.1, -0.05) is 31.9 Å². The number of halogens is 3. The zero-order valence-corrected chi connectivity index (χ0v) is 12.6. The second kappa shape index (κ2) is 4.74. The molecule has 0 bridgehead atoms. The summed E-state index contributed by atoms with van der Waals surface area (Å²) in [5.74, 6) is 1.20. The zero-order chi connectivity index (χ0) is 12.7. The first-order valence-corrected chi connectivity index (χ1v) is 7.57. The predicted octanol–water partition coefficient (Wildman–Crippen LogP) is 4.08. The van der Waals surface area contributed by atoms with Gasteiger partial charge < -0.3 is 4.57 Å². The number of alkyl halides is 1. The van der Waals surface area contributed by atoms with Crippen molar-refractivity contribution in [3.8, 4) is 11.4 Å². The largest absolute Gasteiger partial charge is 0.307 e. The fourth-order valence-electron chi connectivity index (χ4n) is 1.98. The van der Waals surface area contributed by atoms with E-state index in [4.69, 9.17) is 0 Å². The lowest BCUT2D eigenvalue weighted by Gasteiger charge is -2.08. The number of nitrogens with zero attached hydrogens (tertiary/aromatic N) is 3. The van der Waals surface area contributed by atoms with Gasteiger partial charge in [-0.3, -0.25) is 0 Å². The van der Waals surface area contributed by atoms with E-state index in [1.807, 2.05) is 4.57 Å². The molecule has 1 aromatic carbocycles. The highest BCUT2D eigenvalue weighted by atomic mass is 79.9. The molecule has 0 atom stereocenters. The smallest absolute Gasteiger partial charge is 0.167 e. The number of rotatable bonds is 3. The Balaban J connectivity index is 2.16. The molecule has 1 aromatic heterocycles. The van der Waals surface area contributed by atoms with Crippen LogP contribution in [-0.2, 0) is 5.33 Å². The van der Waals surface area contributed by atoms with Crippen molar-refractivity contribution in [2.24, 2.45) is 0 Å². The molecule has 0 N–H and O–H groups in total. The van der Waals surface area contributed by atoms with Crippen molar-refractivity contribution < 1.29 is 4.39 Å². The van der Waals surface area contributed by atoms with Crippen LogP contribution in [0.3, 0.4) is 0 Å². The minimum atomic E-state index is -0.270. The van der Waals surface area contributed by atoms with E-state index in [2.05, 4.69) is 42.1 Å². The van der Waals surface area contributed by atoms with E-state index >= 15 is 0 Å². The molecule has 0 radical (unpaired) electrons. The van der Waals surface area contributed by atoms with Gasteiger partial charge in [0.05, 0.1) is 10.9 Å². The summed E-state index contributed by atoms with van der Waals surface area (Å²) in [5.41, 5.74) is 0.496. The lowest BCUT2D eigenvalue weighted by molar-refractivity contribution is 0.625. The highest BCUT2D eigenvalue weighted by Crippen LogP contribution is 2.40. The Labute approximate surface area is 121 Å². The van der Waals surface area contributed by atoms with Gasteiger partial charge in [-0.15, -0.1) is 10.2 Å². The molecule has 1 heterocycles. The molecule has 1 fully saturated rings. The van der Waals surface area contributed by atoms with Gasteiger partial charge in [0.1, 0.15) is 11.6 Å². The van der Waals surface area contributed by atoms with Crippen LogP contribution in [0.15, 0.2) is 22.7 Å². The summed E-state index contributed by atoms with van der Waals surface area (Å²) in [7, 11) is 0. The van der Waals surface area contributed by atoms with Gasteiger partial charge in [-0.05, 0) is 31.0 Å². The van der Waals surface area contributed by atoms with E-state index in [1.165, 1.54) is 6.07 Å². The Morgan fingerprint density at radius 3 is 2.78 bits per heavy atom.